The zero-order valence-electron chi connectivity index (χ0n) is 13.3. The van der Waals surface area contributed by atoms with Gasteiger partial charge in [0.2, 0.25) is 10.0 Å². The van der Waals surface area contributed by atoms with Crippen molar-refractivity contribution < 1.29 is 13.2 Å². The number of benzene rings is 1. The molecule has 0 atom stereocenters. The second-order valence-electron chi connectivity index (χ2n) is 5.52. The number of hydrogen-bond acceptors (Lipinski definition) is 4. The molecule has 0 aliphatic carbocycles. The first kappa shape index (κ1) is 17.7. The van der Waals surface area contributed by atoms with E-state index in [0.717, 1.165) is 0 Å². The second kappa shape index (κ2) is 7.38. The van der Waals surface area contributed by atoms with Crippen molar-refractivity contribution in [1.82, 2.24) is 14.2 Å². The van der Waals surface area contributed by atoms with E-state index in [2.05, 4.69) is 10.3 Å². The van der Waals surface area contributed by atoms with Gasteiger partial charge in [0, 0.05) is 37.4 Å². The van der Waals surface area contributed by atoms with Gasteiger partial charge < -0.3 is 10.2 Å². The Morgan fingerprint density at radius 2 is 1.76 bits per heavy atom. The van der Waals surface area contributed by atoms with Gasteiger partial charge in [-0.3, -0.25) is 4.98 Å². The smallest absolute Gasteiger partial charge is 0.321 e. The van der Waals surface area contributed by atoms with Crippen molar-refractivity contribution in [2.75, 3.05) is 31.5 Å². The number of rotatable bonds is 3. The van der Waals surface area contributed by atoms with Crippen LogP contribution in [0.1, 0.15) is 0 Å². The minimum atomic E-state index is -3.58. The van der Waals surface area contributed by atoms with Gasteiger partial charge in [0.25, 0.3) is 0 Å². The molecule has 7 nitrogen and oxygen atoms in total. The fourth-order valence-corrected chi connectivity index (χ4v) is 4.07. The molecule has 2 heterocycles. The first-order chi connectivity index (χ1) is 12.0. The van der Waals surface area contributed by atoms with Gasteiger partial charge in [-0.25, -0.2) is 13.2 Å². The fourth-order valence-electron chi connectivity index (χ4n) is 2.53. The molecule has 3 rings (SSSR count). The number of carbonyl (C=O) groups excluding carboxylic acids is 1. The molecule has 25 heavy (non-hydrogen) atoms. The zero-order chi connectivity index (χ0) is 17.9. The highest BCUT2D eigenvalue weighted by molar-refractivity contribution is 7.89. The van der Waals surface area contributed by atoms with Crippen LogP contribution in [-0.2, 0) is 10.0 Å². The average molecular weight is 381 g/mol. The third-order valence-corrected chi connectivity index (χ3v) is 6.05. The third kappa shape index (κ3) is 4.09. The van der Waals surface area contributed by atoms with E-state index in [0.29, 0.717) is 23.8 Å². The molecule has 0 saturated carbocycles. The molecule has 1 aliphatic heterocycles. The lowest BCUT2D eigenvalue weighted by atomic mass is 10.4. The quantitative estimate of drug-likeness (QED) is 0.885. The molecule has 2 amide bonds. The van der Waals surface area contributed by atoms with Gasteiger partial charge in [0.1, 0.15) is 0 Å². The summed E-state index contributed by atoms with van der Waals surface area (Å²) in [7, 11) is -3.58. The largest absolute Gasteiger partial charge is 0.322 e. The van der Waals surface area contributed by atoms with Crippen LogP contribution in [0.5, 0.6) is 0 Å². The van der Waals surface area contributed by atoms with E-state index in [1.54, 1.807) is 41.6 Å². The Morgan fingerprint density at radius 1 is 1.08 bits per heavy atom. The van der Waals surface area contributed by atoms with Crippen LogP contribution in [-0.4, -0.2) is 54.8 Å². The Labute approximate surface area is 151 Å². The summed E-state index contributed by atoms with van der Waals surface area (Å²) in [6.45, 7) is 1.12. The minimum absolute atomic E-state index is 0.199. The van der Waals surface area contributed by atoms with Crippen LogP contribution < -0.4 is 5.32 Å². The van der Waals surface area contributed by atoms with Crippen molar-refractivity contribution in [3.05, 3.63) is 53.8 Å². The molecule has 1 aliphatic rings. The summed E-state index contributed by atoms with van der Waals surface area (Å²) in [4.78, 5) is 18.0. The van der Waals surface area contributed by atoms with Crippen LogP contribution in [0, 0.1) is 0 Å². The van der Waals surface area contributed by atoms with Crippen LogP contribution in [0.25, 0.3) is 0 Å². The summed E-state index contributed by atoms with van der Waals surface area (Å²) < 4.78 is 26.6. The van der Waals surface area contributed by atoms with Gasteiger partial charge >= 0.3 is 6.03 Å². The zero-order valence-corrected chi connectivity index (χ0v) is 14.9. The molecule has 0 bridgehead atoms. The number of nitrogens with zero attached hydrogens (tertiary/aromatic N) is 3. The Hall–Kier alpha value is -2.16. The molecular weight excluding hydrogens is 364 g/mol. The van der Waals surface area contributed by atoms with E-state index in [-0.39, 0.29) is 24.0 Å². The first-order valence-electron chi connectivity index (χ1n) is 7.68. The monoisotopic (exact) mass is 380 g/mol. The summed E-state index contributed by atoms with van der Waals surface area (Å²) in [5.74, 6) is 0. The van der Waals surface area contributed by atoms with Crippen LogP contribution >= 0.6 is 11.6 Å². The molecule has 1 aromatic carbocycles. The number of halogens is 1. The number of nitrogens with one attached hydrogen (secondary N) is 1. The standard InChI is InChI=1S/C16H17ClN4O3S/c17-13-3-5-15(6-4-13)25(23,24)21-10-8-20(9-11-21)16(22)19-14-2-1-7-18-12-14/h1-7,12H,8-11H2,(H,19,22). The molecular formula is C16H17ClN4O3S. The number of anilines is 1. The molecule has 1 N–H and O–H groups in total. The molecule has 1 saturated heterocycles. The van der Waals surface area contributed by atoms with E-state index in [9.17, 15) is 13.2 Å². The number of sulfonamides is 1. The van der Waals surface area contributed by atoms with Crippen LogP contribution in [0.3, 0.4) is 0 Å². The number of aromatic nitrogens is 1. The highest BCUT2D eigenvalue weighted by Gasteiger charge is 2.30. The molecule has 0 radical (unpaired) electrons. The molecule has 0 unspecified atom stereocenters. The van der Waals surface area contributed by atoms with Gasteiger partial charge in [-0.05, 0) is 36.4 Å². The summed E-state index contributed by atoms with van der Waals surface area (Å²) in [6, 6.07) is 9.27. The van der Waals surface area contributed by atoms with Gasteiger partial charge in [0.15, 0.2) is 0 Å². The maximum absolute atomic E-state index is 12.6. The molecule has 1 aromatic heterocycles. The van der Waals surface area contributed by atoms with Gasteiger partial charge in [-0.2, -0.15) is 4.31 Å². The number of amides is 2. The Kier molecular flexibility index (Phi) is 5.22. The van der Waals surface area contributed by atoms with Crippen molar-refractivity contribution in [3.63, 3.8) is 0 Å². The van der Waals surface area contributed by atoms with Gasteiger partial charge in [-0.1, -0.05) is 11.6 Å². The molecule has 2 aromatic rings. The summed E-state index contributed by atoms with van der Waals surface area (Å²) in [5, 5.41) is 3.23. The van der Waals surface area contributed by atoms with Crippen LogP contribution in [0.15, 0.2) is 53.7 Å². The van der Waals surface area contributed by atoms with E-state index in [1.807, 2.05) is 0 Å². The van der Waals surface area contributed by atoms with Crippen molar-refractivity contribution in [1.29, 1.82) is 0 Å². The highest BCUT2D eigenvalue weighted by atomic mass is 35.5. The number of piperazine rings is 1. The van der Waals surface area contributed by atoms with Gasteiger partial charge in [-0.15, -0.1) is 0 Å². The predicted octanol–water partition coefficient (Wildman–Crippen LogP) is 2.27. The predicted molar refractivity (Wildman–Crippen MR) is 95.0 cm³/mol. The van der Waals surface area contributed by atoms with Crippen molar-refractivity contribution in [2.24, 2.45) is 0 Å². The van der Waals surface area contributed by atoms with Crippen molar-refractivity contribution >= 4 is 33.3 Å². The first-order valence-corrected chi connectivity index (χ1v) is 9.50. The normalized spacial score (nSPS) is 15.8. The highest BCUT2D eigenvalue weighted by Crippen LogP contribution is 2.20. The number of hydrogen-bond donors (Lipinski definition) is 1. The lowest BCUT2D eigenvalue weighted by molar-refractivity contribution is 0.184. The van der Waals surface area contributed by atoms with Crippen LogP contribution in [0.2, 0.25) is 5.02 Å². The van der Waals surface area contributed by atoms with Gasteiger partial charge in [0.05, 0.1) is 16.8 Å². The fraction of sp³-hybridized carbons (Fsp3) is 0.250. The number of carbonyl (C=O) groups is 1. The van der Waals surface area contributed by atoms with E-state index >= 15 is 0 Å². The lowest BCUT2D eigenvalue weighted by Crippen LogP contribution is -2.51. The van der Waals surface area contributed by atoms with Crippen molar-refractivity contribution in [2.45, 2.75) is 4.90 Å². The maximum atomic E-state index is 12.6. The number of urea groups is 1. The SMILES string of the molecule is O=C(Nc1cccnc1)N1CCN(S(=O)(=O)c2ccc(Cl)cc2)CC1. The Morgan fingerprint density at radius 3 is 2.36 bits per heavy atom. The lowest BCUT2D eigenvalue weighted by Gasteiger charge is -2.33. The van der Waals surface area contributed by atoms with Crippen molar-refractivity contribution in [3.8, 4) is 0 Å². The molecule has 132 valence electrons. The number of pyridine rings is 1. The summed E-state index contributed by atoms with van der Waals surface area (Å²) >= 11 is 5.80. The van der Waals surface area contributed by atoms with Crippen LogP contribution in [0.4, 0.5) is 10.5 Å². The Bertz CT molecular complexity index is 835. The second-order valence-corrected chi connectivity index (χ2v) is 7.89. The Balaban J connectivity index is 1.61. The van der Waals surface area contributed by atoms with E-state index in [4.69, 9.17) is 11.6 Å². The minimum Gasteiger partial charge on any atom is -0.322 e. The molecule has 1 fully saturated rings. The third-order valence-electron chi connectivity index (χ3n) is 3.89. The summed E-state index contributed by atoms with van der Waals surface area (Å²) in [5.41, 5.74) is 0.601. The molecule has 0 spiro atoms. The van der Waals surface area contributed by atoms with E-state index in [1.165, 1.54) is 16.4 Å². The average Bonchev–Trinajstić information content (AvgIpc) is 2.63. The molecule has 9 heteroatoms. The topological polar surface area (TPSA) is 82.6 Å². The van der Waals surface area contributed by atoms with E-state index < -0.39 is 10.0 Å². The maximum Gasteiger partial charge on any atom is 0.321 e. The summed E-state index contributed by atoms with van der Waals surface area (Å²) in [6.07, 6.45) is 3.18.